The molecule has 0 aliphatic heterocycles. The maximum absolute atomic E-state index is 2.86. The highest BCUT2D eigenvalue weighted by atomic mass is 35.5. The van der Waals surface area contributed by atoms with Gasteiger partial charge in [0.15, 0.2) is 0 Å². The highest BCUT2D eigenvalue weighted by Gasteiger charge is 2.06. The fourth-order valence-corrected chi connectivity index (χ4v) is 2.39. The van der Waals surface area contributed by atoms with Crippen LogP contribution in [0.5, 0.6) is 0 Å². The Morgan fingerprint density at radius 1 is 1.00 bits per heavy atom. The molecule has 0 nitrogen and oxygen atoms in total. The van der Waals surface area contributed by atoms with Crippen LogP contribution in [0.4, 0.5) is 0 Å². The number of unbranched alkanes of at least 4 members (excludes halogenated alkanes) is 2. The molecule has 1 atom stereocenters. The molecule has 1 aromatic rings. The van der Waals surface area contributed by atoms with Gasteiger partial charge >= 0.3 is 0 Å². The molecule has 0 amide bonds. The standard InChI is InChI=1S/C14H23P.ClH/c1-5-6-7-8-13-9-14(15)12(4)10(2)11(13)3;/h9H,5-8,15H2,1-4H3;1H. The Hall–Kier alpha value is -0.0600. The van der Waals surface area contributed by atoms with Crippen molar-refractivity contribution in [1.82, 2.24) is 0 Å². The van der Waals surface area contributed by atoms with Gasteiger partial charge in [0.25, 0.3) is 0 Å². The third-order valence-electron chi connectivity index (χ3n) is 3.42. The van der Waals surface area contributed by atoms with Crippen molar-refractivity contribution in [2.24, 2.45) is 0 Å². The minimum absolute atomic E-state index is 0. The number of halogens is 1. The highest BCUT2D eigenvalue weighted by Crippen LogP contribution is 2.19. The van der Waals surface area contributed by atoms with E-state index in [1.165, 1.54) is 53.2 Å². The molecule has 1 aromatic carbocycles. The van der Waals surface area contributed by atoms with E-state index in [0.29, 0.717) is 0 Å². The number of aryl methyl sites for hydroxylation is 1. The van der Waals surface area contributed by atoms with Crippen molar-refractivity contribution >= 4 is 27.0 Å². The molecule has 0 bridgehead atoms. The molecule has 0 radical (unpaired) electrons. The van der Waals surface area contributed by atoms with Crippen molar-refractivity contribution < 1.29 is 0 Å². The zero-order valence-corrected chi connectivity index (χ0v) is 12.9. The summed E-state index contributed by atoms with van der Waals surface area (Å²) in [5.74, 6) is 0. The lowest BCUT2D eigenvalue weighted by Crippen LogP contribution is -2.06. The maximum atomic E-state index is 2.86. The Balaban J connectivity index is 0.00000225. The average Bonchev–Trinajstić information content (AvgIpc) is 2.23. The Bertz CT molecular complexity index is 345. The van der Waals surface area contributed by atoms with E-state index in [1.807, 2.05) is 0 Å². The molecule has 1 unspecified atom stereocenters. The Kier molecular flexibility index (Phi) is 7.27. The van der Waals surface area contributed by atoms with Crippen LogP contribution >= 0.6 is 21.6 Å². The van der Waals surface area contributed by atoms with Gasteiger partial charge in [0, 0.05) is 0 Å². The normalized spacial score (nSPS) is 10.1. The van der Waals surface area contributed by atoms with E-state index in [9.17, 15) is 0 Å². The topological polar surface area (TPSA) is 0 Å². The van der Waals surface area contributed by atoms with Crippen molar-refractivity contribution in [2.45, 2.75) is 53.4 Å². The van der Waals surface area contributed by atoms with Gasteiger partial charge in [-0.25, -0.2) is 0 Å². The predicted octanol–water partition coefficient (Wildman–Crippen LogP) is 4.27. The van der Waals surface area contributed by atoms with Crippen molar-refractivity contribution in [1.29, 1.82) is 0 Å². The van der Waals surface area contributed by atoms with Gasteiger partial charge in [-0.2, -0.15) is 0 Å². The molecular weight excluding hydrogens is 235 g/mol. The summed E-state index contributed by atoms with van der Waals surface area (Å²) in [6.07, 6.45) is 5.21. The zero-order chi connectivity index (χ0) is 11.4. The molecule has 1 rings (SSSR count). The molecule has 0 N–H and O–H groups in total. The second-order valence-corrected chi connectivity index (χ2v) is 5.08. The molecule has 0 aromatic heterocycles. The lowest BCUT2D eigenvalue weighted by Gasteiger charge is -2.13. The minimum atomic E-state index is 0. The monoisotopic (exact) mass is 258 g/mol. The first-order valence-electron chi connectivity index (χ1n) is 5.93. The van der Waals surface area contributed by atoms with Gasteiger partial charge in [0.2, 0.25) is 0 Å². The first-order valence-corrected chi connectivity index (χ1v) is 6.50. The van der Waals surface area contributed by atoms with E-state index >= 15 is 0 Å². The second-order valence-electron chi connectivity index (χ2n) is 4.46. The third kappa shape index (κ3) is 3.75. The molecule has 16 heavy (non-hydrogen) atoms. The van der Waals surface area contributed by atoms with Crippen LogP contribution in [0, 0.1) is 20.8 Å². The summed E-state index contributed by atoms with van der Waals surface area (Å²) in [5, 5.41) is 1.37. The van der Waals surface area contributed by atoms with E-state index in [-0.39, 0.29) is 12.4 Å². The van der Waals surface area contributed by atoms with Gasteiger partial charge in [-0.05, 0) is 61.2 Å². The molecular formula is C14H24ClP. The smallest absolute Gasteiger partial charge is 0.0268 e. The van der Waals surface area contributed by atoms with Crippen LogP contribution in [-0.2, 0) is 6.42 Å². The van der Waals surface area contributed by atoms with Gasteiger partial charge in [0.1, 0.15) is 0 Å². The summed E-state index contributed by atoms with van der Waals surface area (Å²) in [6.45, 7) is 8.96. The van der Waals surface area contributed by atoms with Crippen molar-refractivity contribution in [2.75, 3.05) is 0 Å². The second kappa shape index (κ2) is 7.30. The summed E-state index contributed by atoms with van der Waals surface area (Å²) < 4.78 is 0. The summed E-state index contributed by atoms with van der Waals surface area (Å²) >= 11 is 0. The van der Waals surface area contributed by atoms with Crippen molar-refractivity contribution in [3.05, 3.63) is 28.3 Å². The van der Waals surface area contributed by atoms with E-state index in [1.54, 1.807) is 0 Å². The fourth-order valence-electron chi connectivity index (χ4n) is 1.97. The summed E-state index contributed by atoms with van der Waals surface area (Å²) in [6, 6.07) is 2.35. The number of hydrogen-bond donors (Lipinski definition) is 0. The molecule has 2 heteroatoms. The SMILES string of the molecule is CCCCCc1cc(P)c(C)c(C)c1C.Cl. The lowest BCUT2D eigenvalue weighted by atomic mass is 9.95. The van der Waals surface area contributed by atoms with Gasteiger partial charge in [-0.15, -0.1) is 21.6 Å². The maximum Gasteiger partial charge on any atom is -0.0268 e. The minimum Gasteiger partial charge on any atom is -0.147 e. The van der Waals surface area contributed by atoms with Crippen LogP contribution in [0.15, 0.2) is 6.07 Å². The average molecular weight is 259 g/mol. The van der Waals surface area contributed by atoms with E-state index in [2.05, 4.69) is 43.0 Å². The number of hydrogen-bond acceptors (Lipinski definition) is 0. The first-order chi connectivity index (χ1) is 7.07. The quantitative estimate of drug-likeness (QED) is 0.559. The largest absolute Gasteiger partial charge is 0.147 e. The molecule has 92 valence electrons. The number of rotatable bonds is 4. The highest BCUT2D eigenvalue weighted by molar-refractivity contribution is 7.27. The summed E-state index contributed by atoms with van der Waals surface area (Å²) in [4.78, 5) is 0. The van der Waals surface area contributed by atoms with Gasteiger partial charge in [-0.3, -0.25) is 0 Å². The van der Waals surface area contributed by atoms with E-state index < -0.39 is 0 Å². The molecule has 0 heterocycles. The van der Waals surface area contributed by atoms with Crippen LogP contribution < -0.4 is 5.30 Å². The Labute approximate surface area is 109 Å². The zero-order valence-electron chi connectivity index (χ0n) is 10.9. The van der Waals surface area contributed by atoms with Crippen LogP contribution in [0.2, 0.25) is 0 Å². The van der Waals surface area contributed by atoms with Crippen LogP contribution in [0.3, 0.4) is 0 Å². The van der Waals surface area contributed by atoms with Gasteiger partial charge in [-0.1, -0.05) is 25.8 Å². The van der Waals surface area contributed by atoms with Crippen LogP contribution in [-0.4, -0.2) is 0 Å². The van der Waals surface area contributed by atoms with E-state index in [0.717, 1.165) is 0 Å². The fraction of sp³-hybridized carbons (Fsp3) is 0.571. The van der Waals surface area contributed by atoms with E-state index in [4.69, 9.17) is 0 Å². The molecule has 0 saturated heterocycles. The first kappa shape index (κ1) is 15.9. The third-order valence-corrected chi connectivity index (χ3v) is 4.02. The van der Waals surface area contributed by atoms with Crippen molar-refractivity contribution in [3.8, 4) is 0 Å². The summed E-state index contributed by atoms with van der Waals surface area (Å²) in [7, 11) is 2.86. The van der Waals surface area contributed by atoms with Crippen LogP contribution in [0.25, 0.3) is 0 Å². The van der Waals surface area contributed by atoms with Crippen LogP contribution in [0.1, 0.15) is 48.4 Å². The number of benzene rings is 1. The Morgan fingerprint density at radius 3 is 2.19 bits per heavy atom. The van der Waals surface area contributed by atoms with Gasteiger partial charge in [0.05, 0.1) is 0 Å². The Morgan fingerprint density at radius 2 is 1.62 bits per heavy atom. The molecule has 0 fully saturated rings. The molecule has 0 spiro atoms. The summed E-state index contributed by atoms with van der Waals surface area (Å²) in [5.41, 5.74) is 5.93. The molecule has 0 saturated carbocycles. The van der Waals surface area contributed by atoms with Gasteiger partial charge < -0.3 is 0 Å². The van der Waals surface area contributed by atoms with Crippen molar-refractivity contribution in [3.63, 3.8) is 0 Å². The molecule has 0 aliphatic rings. The predicted molar refractivity (Wildman–Crippen MR) is 80.5 cm³/mol. The molecule has 0 aliphatic carbocycles. The lowest BCUT2D eigenvalue weighted by molar-refractivity contribution is 0.715.